The summed E-state index contributed by atoms with van der Waals surface area (Å²) in [6.07, 6.45) is 2.14. The zero-order valence-corrected chi connectivity index (χ0v) is 13.6. The summed E-state index contributed by atoms with van der Waals surface area (Å²) in [5.41, 5.74) is 4.30. The fourth-order valence-electron chi connectivity index (χ4n) is 3.60. The van der Waals surface area contributed by atoms with Gasteiger partial charge in [0, 0.05) is 26.2 Å². The van der Waals surface area contributed by atoms with Crippen LogP contribution < -0.4 is 0 Å². The molecule has 1 fully saturated rings. The molecule has 5 heteroatoms. The number of benzene rings is 2. The number of rotatable bonds is 3. The normalized spacial score (nSPS) is 21.6. The van der Waals surface area contributed by atoms with E-state index in [0.29, 0.717) is 13.0 Å². The Morgan fingerprint density at radius 2 is 2.00 bits per heavy atom. The first-order chi connectivity index (χ1) is 11.6. The maximum atomic E-state index is 13.2. The van der Waals surface area contributed by atoms with Crippen molar-refractivity contribution in [2.24, 2.45) is 7.05 Å². The zero-order chi connectivity index (χ0) is 16.7. The zero-order valence-electron chi connectivity index (χ0n) is 13.6. The minimum Gasteiger partial charge on any atom is -0.392 e. The average Bonchev–Trinajstić information content (AvgIpc) is 3.11. The molecule has 0 amide bonds. The van der Waals surface area contributed by atoms with Crippen LogP contribution >= 0.6 is 0 Å². The van der Waals surface area contributed by atoms with Gasteiger partial charge in [-0.25, -0.2) is 9.37 Å². The van der Waals surface area contributed by atoms with Crippen LogP contribution in [0.25, 0.3) is 11.0 Å². The third kappa shape index (κ3) is 2.81. The molecular formula is C19H20FN3O. The largest absolute Gasteiger partial charge is 0.392 e. The first-order valence-corrected chi connectivity index (χ1v) is 8.18. The number of halogens is 1. The molecule has 0 saturated carbocycles. The SMILES string of the molecule is Cn1cnc2cc(CN3C[C@H](O)C[C@@H]3c3ccc(F)cc3)ccc21. The number of aryl methyl sites for hydroxylation is 1. The monoisotopic (exact) mass is 325 g/mol. The van der Waals surface area contributed by atoms with E-state index >= 15 is 0 Å². The van der Waals surface area contributed by atoms with E-state index < -0.39 is 0 Å². The number of fused-ring (bicyclic) bond motifs is 1. The van der Waals surface area contributed by atoms with Crippen molar-refractivity contribution in [1.82, 2.24) is 14.5 Å². The van der Waals surface area contributed by atoms with Crippen LogP contribution in [0.15, 0.2) is 48.8 Å². The Kier molecular flexibility index (Phi) is 3.82. The van der Waals surface area contributed by atoms with Gasteiger partial charge >= 0.3 is 0 Å². The van der Waals surface area contributed by atoms with Gasteiger partial charge in [-0.05, 0) is 41.8 Å². The van der Waals surface area contributed by atoms with Gasteiger partial charge in [0.2, 0.25) is 0 Å². The van der Waals surface area contributed by atoms with Crippen LogP contribution in [0.3, 0.4) is 0 Å². The molecule has 1 aliphatic heterocycles. The Bertz CT molecular complexity index is 859. The van der Waals surface area contributed by atoms with Crippen LogP contribution in [0, 0.1) is 5.82 Å². The quantitative estimate of drug-likeness (QED) is 0.805. The lowest BCUT2D eigenvalue weighted by molar-refractivity contribution is 0.172. The molecule has 4 rings (SSSR count). The maximum absolute atomic E-state index is 13.2. The summed E-state index contributed by atoms with van der Waals surface area (Å²) < 4.78 is 15.2. The van der Waals surface area contributed by atoms with E-state index in [0.717, 1.165) is 23.1 Å². The lowest BCUT2D eigenvalue weighted by Gasteiger charge is -2.24. The molecule has 24 heavy (non-hydrogen) atoms. The lowest BCUT2D eigenvalue weighted by Crippen LogP contribution is -2.24. The molecule has 0 aliphatic carbocycles. The number of likely N-dealkylation sites (tertiary alicyclic amines) is 1. The van der Waals surface area contributed by atoms with Crippen LogP contribution in [-0.2, 0) is 13.6 Å². The van der Waals surface area contributed by atoms with E-state index in [1.807, 2.05) is 30.1 Å². The van der Waals surface area contributed by atoms with Gasteiger partial charge in [0.1, 0.15) is 5.82 Å². The van der Waals surface area contributed by atoms with Gasteiger partial charge in [-0.3, -0.25) is 4.90 Å². The summed E-state index contributed by atoms with van der Waals surface area (Å²) in [6.45, 7) is 1.37. The lowest BCUT2D eigenvalue weighted by atomic mass is 10.0. The molecule has 0 spiro atoms. The second-order valence-corrected chi connectivity index (χ2v) is 6.56. The van der Waals surface area contributed by atoms with E-state index in [4.69, 9.17) is 0 Å². The molecule has 1 aromatic heterocycles. The molecule has 4 nitrogen and oxygen atoms in total. The second kappa shape index (κ2) is 6.00. The van der Waals surface area contributed by atoms with Gasteiger partial charge in [-0.1, -0.05) is 18.2 Å². The van der Waals surface area contributed by atoms with E-state index in [2.05, 4.69) is 28.1 Å². The van der Waals surface area contributed by atoms with Crippen LogP contribution in [0.5, 0.6) is 0 Å². The first kappa shape index (κ1) is 15.3. The van der Waals surface area contributed by atoms with E-state index in [-0.39, 0.29) is 18.0 Å². The van der Waals surface area contributed by atoms with Gasteiger partial charge in [-0.15, -0.1) is 0 Å². The van der Waals surface area contributed by atoms with Crippen molar-refractivity contribution in [3.8, 4) is 0 Å². The summed E-state index contributed by atoms with van der Waals surface area (Å²) in [6, 6.07) is 13.0. The topological polar surface area (TPSA) is 41.3 Å². The highest BCUT2D eigenvalue weighted by Gasteiger charge is 2.31. The number of hydrogen-bond donors (Lipinski definition) is 1. The Hall–Kier alpha value is -2.24. The molecule has 2 atom stereocenters. The number of hydrogen-bond acceptors (Lipinski definition) is 3. The highest BCUT2D eigenvalue weighted by atomic mass is 19.1. The van der Waals surface area contributed by atoms with Crippen molar-refractivity contribution >= 4 is 11.0 Å². The number of aromatic nitrogens is 2. The second-order valence-electron chi connectivity index (χ2n) is 6.56. The maximum Gasteiger partial charge on any atom is 0.123 e. The third-order valence-corrected chi connectivity index (χ3v) is 4.81. The molecule has 0 radical (unpaired) electrons. The molecule has 1 aliphatic rings. The fraction of sp³-hybridized carbons (Fsp3) is 0.316. The van der Waals surface area contributed by atoms with Crippen LogP contribution in [0.4, 0.5) is 4.39 Å². The molecule has 124 valence electrons. The van der Waals surface area contributed by atoms with Gasteiger partial charge in [0.05, 0.1) is 23.5 Å². The summed E-state index contributed by atoms with van der Waals surface area (Å²) in [5, 5.41) is 10.1. The average molecular weight is 325 g/mol. The Labute approximate surface area is 140 Å². The smallest absolute Gasteiger partial charge is 0.123 e. The predicted molar refractivity (Wildman–Crippen MR) is 90.9 cm³/mol. The Morgan fingerprint density at radius 3 is 2.79 bits per heavy atom. The molecule has 0 bridgehead atoms. The van der Waals surface area contributed by atoms with Crippen molar-refractivity contribution in [3.05, 3.63) is 65.7 Å². The van der Waals surface area contributed by atoms with E-state index in [1.54, 1.807) is 0 Å². The molecule has 1 N–H and O–H groups in total. The number of imidazole rings is 1. The molecule has 2 heterocycles. The third-order valence-electron chi connectivity index (χ3n) is 4.81. The molecule has 3 aromatic rings. The van der Waals surface area contributed by atoms with Crippen LogP contribution in [-0.4, -0.2) is 32.2 Å². The van der Waals surface area contributed by atoms with Crippen molar-refractivity contribution in [3.63, 3.8) is 0 Å². The molecular weight excluding hydrogens is 305 g/mol. The molecule has 1 saturated heterocycles. The highest BCUT2D eigenvalue weighted by Crippen LogP contribution is 2.33. The van der Waals surface area contributed by atoms with Gasteiger partial charge in [0.15, 0.2) is 0 Å². The van der Waals surface area contributed by atoms with Gasteiger partial charge in [-0.2, -0.15) is 0 Å². The van der Waals surface area contributed by atoms with Crippen molar-refractivity contribution in [2.45, 2.75) is 25.1 Å². The minimum absolute atomic E-state index is 0.111. The summed E-state index contributed by atoms with van der Waals surface area (Å²) >= 11 is 0. The highest BCUT2D eigenvalue weighted by molar-refractivity contribution is 5.75. The van der Waals surface area contributed by atoms with Crippen molar-refractivity contribution < 1.29 is 9.50 Å². The van der Waals surface area contributed by atoms with Crippen molar-refractivity contribution in [1.29, 1.82) is 0 Å². The summed E-state index contributed by atoms with van der Waals surface area (Å²) in [5.74, 6) is -0.232. The number of aliphatic hydroxyl groups excluding tert-OH is 1. The summed E-state index contributed by atoms with van der Waals surface area (Å²) in [7, 11) is 1.98. The van der Waals surface area contributed by atoms with Crippen molar-refractivity contribution in [2.75, 3.05) is 6.54 Å². The van der Waals surface area contributed by atoms with Crippen LogP contribution in [0.1, 0.15) is 23.6 Å². The Balaban J connectivity index is 1.59. The van der Waals surface area contributed by atoms with Gasteiger partial charge < -0.3 is 9.67 Å². The predicted octanol–water partition coefficient (Wildman–Crippen LogP) is 3.02. The van der Waals surface area contributed by atoms with Crippen LogP contribution in [0.2, 0.25) is 0 Å². The number of β-amino-alcohol motifs (C(OH)–C–C–N with tert-alkyl or cyclic N) is 1. The number of nitrogens with zero attached hydrogens (tertiary/aromatic N) is 3. The number of aliphatic hydroxyl groups is 1. The Morgan fingerprint density at radius 1 is 1.21 bits per heavy atom. The minimum atomic E-state index is -0.348. The first-order valence-electron chi connectivity index (χ1n) is 8.18. The van der Waals surface area contributed by atoms with E-state index in [1.165, 1.54) is 17.7 Å². The molecule has 0 unspecified atom stereocenters. The molecule has 2 aromatic carbocycles. The summed E-state index contributed by atoms with van der Waals surface area (Å²) in [4.78, 5) is 6.66. The fourth-order valence-corrected chi connectivity index (χ4v) is 3.60. The van der Waals surface area contributed by atoms with Gasteiger partial charge in [0.25, 0.3) is 0 Å². The standard InChI is InChI=1S/C19H20FN3O/c1-22-12-21-17-8-13(2-7-18(17)22)10-23-11-16(24)9-19(23)14-3-5-15(20)6-4-14/h2-8,12,16,19,24H,9-11H2,1H3/t16-,19-/m1/s1. The van der Waals surface area contributed by atoms with E-state index in [9.17, 15) is 9.50 Å².